The van der Waals surface area contributed by atoms with Crippen LogP contribution in [0.5, 0.6) is 0 Å². The summed E-state index contributed by atoms with van der Waals surface area (Å²) in [5.74, 6) is 1.17. The van der Waals surface area contributed by atoms with Crippen LogP contribution in [-0.2, 0) is 4.79 Å². The molecule has 128 valence electrons. The summed E-state index contributed by atoms with van der Waals surface area (Å²) >= 11 is 5.85. The van der Waals surface area contributed by atoms with E-state index >= 15 is 0 Å². The Hall–Kier alpha value is -1.33. The van der Waals surface area contributed by atoms with Crippen molar-refractivity contribution in [3.05, 3.63) is 23.4 Å². The molecule has 23 heavy (non-hydrogen) atoms. The van der Waals surface area contributed by atoms with Crippen molar-refractivity contribution in [2.24, 2.45) is 11.8 Å². The third kappa shape index (κ3) is 5.08. The summed E-state index contributed by atoms with van der Waals surface area (Å²) in [7, 11) is 0. The molecule has 2 heterocycles. The van der Waals surface area contributed by atoms with Crippen LogP contribution in [0.25, 0.3) is 0 Å². The molecule has 0 radical (unpaired) electrons. The number of hydrogen-bond acceptors (Lipinski definition) is 4. The monoisotopic (exact) mass is 339 g/mol. The molecule has 2 rings (SSSR count). The van der Waals surface area contributed by atoms with E-state index in [0.29, 0.717) is 11.6 Å². The van der Waals surface area contributed by atoms with Gasteiger partial charge in [0.05, 0.1) is 11.1 Å². The predicted molar refractivity (Wildman–Crippen MR) is 92.7 cm³/mol. The van der Waals surface area contributed by atoms with Crippen LogP contribution in [-0.4, -0.2) is 41.7 Å². The van der Waals surface area contributed by atoms with Crippen molar-refractivity contribution in [1.82, 2.24) is 10.3 Å². The summed E-state index contributed by atoms with van der Waals surface area (Å²) < 4.78 is 0. The number of aliphatic hydroxyl groups excluding tert-OH is 1. The lowest BCUT2D eigenvalue weighted by Gasteiger charge is -2.32. The SMILES string of the molecule is CCC(C)C(O)CNC(=O)C1CCN(c2ccc(Cl)cn2)CC1. The van der Waals surface area contributed by atoms with Crippen LogP contribution >= 0.6 is 11.6 Å². The quantitative estimate of drug-likeness (QED) is 0.835. The number of nitrogens with zero attached hydrogens (tertiary/aromatic N) is 2. The van der Waals surface area contributed by atoms with Gasteiger partial charge in [0.25, 0.3) is 0 Å². The van der Waals surface area contributed by atoms with Gasteiger partial charge in [-0.05, 0) is 30.9 Å². The molecule has 2 N–H and O–H groups in total. The molecule has 1 saturated heterocycles. The van der Waals surface area contributed by atoms with E-state index in [1.165, 1.54) is 0 Å². The van der Waals surface area contributed by atoms with E-state index in [-0.39, 0.29) is 17.7 Å². The zero-order valence-electron chi connectivity index (χ0n) is 13.8. The van der Waals surface area contributed by atoms with E-state index in [0.717, 1.165) is 38.2 Å². The number of hydrogen-bond donors (Lipinski definition) is 2. The highest BCUT2D eigenvalue weighted by Gasteiger charge is 2.26. The molecule has 0 aliphatic carbocycles. The number of anilines is 1. The number of carbonyl (C=O) groups is 1. The minimum absolute atomic E-state index is 0.0164. The summed E-state index contributed by atoms with van der Waals surface area (Å²) in [5.41, 5.74) is 0. The molecule has 6 heteroatoms. The molecule has 1 amide bonds. The molecule has 0 aromatic carbocycles. The number of pyridine rings is 1. The van der Waals surface area contributed by atoms with E-state index in [4.69, 9.17) is 11.6 Å². The number of aromatic nitrogens is 1. The first-order valence-electron chi connectivity index (χ1n) is 8.33. The lowest BCUT2D eigenvalue weighted by Crippen LogP contribution is -2.43. The maximum absolute atomic E-state index is 12.2. The maximum Gasteiger partial charge on any atom is 0.223 e. The van der Waals surface area contributed by atoms with Crippen LogP contribution in [0.4, 0.5) is 5.82 Å². The highest BCUT2D eigenvalue weighted by molar-refractivity contribution is 6.30. The number of carbonyl (C=O) groups excluding carboxylic acids is 1. The maximum atomic E-state index is 12.2. The highest BCUT2D eigenvalue weighted by Crippen LogP contribution is 2.22. The van der Waals surface area contributed by atoms with Crippen molar-refractivity contribution in [3.63, 3.8) is 0 Å². The normalized spacial score (nSPS) is 18.5. The van der Waals surface area contributed by atoms with Gasteiger partial charge in [-0.25, -0.2) is 4.98 Å². The first kappa shape index (κ1) is 18.0. The fourth-order valence-corrected chi connectivity index (χ4v) is 2.86. The molecule has 5 nitrogen and oxygen atoms in total. The van der Waals surface area contributed by atoms with Crippen LogP contribution in [0.1, 0.15) is 33.1 Å². The molecule has 2 atom stereocenters. The number of aliphatic hydroxyl groups is 1. The fourth-order valence-electron chi connectivity index (χ4n) is 2.75. The first-order valence-corrected chi connectivity index (χ1v) is 8.71. The highest BCUT2D eigenvalue weighted by atomic mass is 35.5. The smallest absolute Gasteiger partial charge is 0.223 e. The summed E-state index contributed by atoms with van der Waals surface area (Å²) in [6.45, 7) is 5.98. The van der Waals surface area contributed by atoms with Crippen molar-refractivity contribution < 1.29 is 9.90 Å². The predicted octanol–water partition coefficient (Wildman–Crippen LogP) is 2.47. The Morgan fingerprint density at radius 1 is 1.48 bits per heavy atom. The summed E-state index contributed by atoms with van der Waals surface area (Å²) in [4.78, 5) is 18.7. The van der Waals surface area contributed by atoms with Gasteiger partial charge in [-0.2, -0.15) is 0 Å². The van der Waals surface area contributed by atoms with E-state index in [1.54, 1.807) is 6.20 Å². The van der Waals surface area contributed by atoms with Gasteiger partial charge in [0.1, 0.15) is 5.82 Å². The Morgan fingerprint density at radius 2 is 2.17 bits per heavy atom. The molecule has 1 aliphatic rings. The van der Waals surface area contributed by atoms with Gasteiger partial charge in [-0.3, -0.25) is 4.79 Å². The largest absolute Gasteiger partial charge is 0.391 e. The molecule has 0 bridgehead atoms. The second-order valence-electron chi connectivity index (χ2n) is 6.29. The summed E-state index contributed by atoms with van der Waals surface area (Å²) in [6.07, 6.45) is 3.68. The molecule has 0 saturated carbocycles. The van der Waals surface area contributed by atoms with Gasteiger partial charge in [-0.1, -0.05) is 31.9 Å². The Balaban J connectivity index is 1.77. The fraction of sp³-hybridized carbons (Fsp3) is 0.647. The van der Waals surface area contributed by atoms with Crippen LogP contribution in [0.15, 0.2) is 18.3 Å². The van der Waals surface area contributed by atoms with Gasteiger partial charge in [-0.15, -0.1) is 0 Å². The number of nitrogens with one attached hydrogen (secondary N) is 1. The molecular weight excluding hydrogens is 314 g/mol. The standard InChI is InChI=1S/C17H26ClN3O2/c1-3-12(2)15(22)11-20-17(23)13-6-8-21(9-7-13)16-5-4-14(18)10-19-16/h4-5,10,12-13,15,22H,3,6-9,11H2,1-2H3,(H,20,23). The van der Waals surface area contributed by atoms with Crippen molar-refractivity contribution in [1.29, 1.82) is 0 Å². The second kappa shape index (κ2) is 8.50. The minimum atomic E-state index is -0.470. The van der Waals surface area contributed by atoms with Gasteiger partial charge < -0.3 is 15.3 Å². The first-order chi connectivity index (χ1) is 11.0. The topological polar surface area (TPSA) is 65.5 Å². The number of amides is 1. The minimum Gasteiger partial charge on any atom is -0.391 e. The molecule has 1 fully saturated rings. The van der Waals surface area contributed by atoms with Crippen molar-refractivity contribution in [2.75, 3.05) is 24.5 Å². The molecule has 1 aliphatic heterocycles. The van der Waals surface area contributed by atoms with Gasteiger partial charge in [0.15, 0.2) is 0 Å². The van der Waals surface area contributed by atoms with Gasteiger partial charge >= 0.3 is 0 Å². The van der Waals surface area contributed by atoms with E-state index in [2.05, 4.69) is 15.2 Å². The van der Waals surface area contributed by atoms with Crippen molar-refractivity contribution in [3.8, 4) is 0 Å². The van der Waals surface area contributed by atoms with Crippen molar-refractivity contribution >= 4 is 23.3 Å². The van der Waals surface area contributed by atoms with E-state index < -0.39 is 6.10 Å². The lowest BCUT2D eigenvalue weighted by atomic mass is 9.95. The summed E-state index contributed by atoms with van der Waals surface area (Å²) in [6, 6.07) is 3.74. The van der Waals surface area contributed by atoms with Crippen molar-refractivity contribution in [2.45, 2.75) is 39.2 Å². The van der Waals surface area contributed by atoms with Crippen LogP contribution < -0.4 is 10.2 Å². The number of piperidine rings is 1. The average Bonchev–Trinajstić information content (AvgIpc) is 2.59. The second-order valence-corrected chi connectivity index (χ2v) is 6.73. The molecule has 0 spiro atoms. The van der Waals surface area contributed by atoms with E-state index in [9.17, 15) is 9.90 Å². The van der Waals surface area contributed by atoms with Crippen LogP contribution in [0.2, 0.25) is 5.02 Å². The Kier molecular flexibility index (Phi) is 6.66. The Labute approximate surface area is 143 Å². The Bertz CT molecular complexity index is 501. The van der Waals surface area contributed by atoms with Crippen LogP contribution in [0.3, 0.4) is 0 Å². The van der Waals surface area contributed by atoms with E-state index in [1.807, 2.05) is 26.0 Å². The molecule has 1 aromatic rings. The third-order valence-electron chi connectivity index (χ3n) is 4.69. The zero-order chi connectivity index (χ0) is 16.8. The summed E-state index contributed by atoms with van der Waals surface area (Å²) in [5, 5.41) is 13.5. The zero-order valence-corrected chi connectivity index (χ0v) is 14.6. The lowest BCUT2D eigenvalue weighted by molar-refractivity contribution is -0.126. The Morgan fingerprint density at radius 3 is 2.74 bits per heavy atom. The average molecular weight is 340 g/mol. The molecule has 2 unspecified atom stereocenters. The third-order valence-corrected chi connectivity index (χ3v) is 4.91. The van der Waals surface area contributed by atoms with Crippen LogP contribution in [0, 0.1) is 11.8 Å². The number of halogens is 1. The van der Waals surface area contributed by atoms with Gasteiger partial charge in [0.2, 0.25) is 5.91 Å². The molecular formula is C17H26ClN3O2. The number of rotatable bonds is 6. The van der Waals surface area contributed by atoms with Gasteiger partial charge in [0, 0.05) is 31.7 Å². The molecule has 1 aromatic heterocycles.